The summed E-state index contributed by atoms with van der Waals surface area (Å²) in [6, 6.07) is 17.7. The fourth-order valence-electron chi connectivity index (χ4n) is 5.35. The number of benzene rings is 1. The number of hydrogen-bond acceptors (Lipinski definition) is 2. The zero-order chi connectivity index (χ0) is 21.5. The number of nitrogens with one attached hydrogen (secondary N) is 1. The Labute approximate surface area is 197 Å². The van der Waals surface area contributed by atoms with Crippen molar-refractivity contribution in [1.29, 1.82) is 0 Å². The van der Waals surface area contributed by atoms with Crippen molar-refractivity contribution in [2.24, 2.45) is 0 Å². The molecule has 1 aliphatic heterocycles. The van der Waals surface area contributed by atoms with Crippen LogP contribution in [0.5, 0.6) is 0 Å². The summed E-state index contributed by atoms with van der Waals surface area (Å²) in [4.78, 5) is 7.18. The summed E-state index contributed by atoms with van der Waals surface area (Å²) in [5.41, 5.74) is 6.05. The van der Waals surface area contributed by atoms with Crippen LogP contribution in [0.4, 0.5) is 0 Å². The SMILES string of the molecule is Cc1cc([C@H]2[C@H](c3ccccn3)NC(=S)N2C2CCCC2)c(C)n1-c1ccc(Br)cc1. The van der Waals surface area contributed by atoms with Crippen LogP contribution in [-0.2, 0) is 0 Å². The maximum absolute atomic E-state index is 5.90. The Morgan fingerprint density at radius 1 is 1.06 bits per heavy atom. The lowest BCUT2D eigenvalue weighted by molar-refractivity contribution is 0.245. The molecule has 0 bridgehead atoms. The first-order valence-electron chi connectivity index (χ1n) is 11.0. The fraction of sp³-hybridized carbons (Fsp3) is 0.360. The summed E-state index contributed by atoms with van der Waals surface area (Å²) in [5.74, 6) is 0. The minimum atomic E-state index is 0.0492. The van der Waals surface area contributed by atoms with E-state index in [0.717, 1.165) is 15.3 Å². The average molecular weight is 495 g/mol. The van der Waals surface area contributed by atoms with Gasteiger partial charge in [-0.1, -0.05) is 34.8 Å². The van der Waals surface area contributed by atoms with E-state index in [0.29, 0.717) is 6.04 Å². The summed E-state index contributed by atoms with van der Waals surface area (Å²) < 4.78 is 3.44. The first-order chi connectivity index (χ1) is 15.0. The highest BCUT2D eigenvalue weighted by atomic mass is 79.9. The number of hydrogen-bond donors (Lipinski definition) is 1. The second-order valence-electron chi connectivity index (χ2n) is 8.61. The number of pyridine rings is 1. The fourth-order valence-corrected chi connectivity index (χ4v) is 6.00. The molecular weight excluding hydrogens is 468 g/mol. The molecule has 2 atom stereocenters. The number of thiocarbonyl (C=S) groups is 1. The molecule has 31 heavy (non-hydrogen) atoms. The lowest BCUT2D eigenvalue weighted by Crippen LogP contribution is -2.37. The maximum atomic E-state index is 5.90. The highest BCUT2D eigenvalue weighted by Crippen LogP contribution is 2.44. The minimum Gasteiger partial charge on any atom is -0.352 e. The van der Waals surface area contributed by atoms with Crippen molar-refractivity contribution in [2.75, 3.05) is 0 Å². The Morgan fingerprint density at radius 2 is 1.81 bits per heavy atom. The zero-order valence-corrected chi connectivity index (χ0v) is 20.3. The maximum Gasteiger partial charge on any atom is 0.170 e. The van der Waals surface area contributed by atoms with Crippen LogP contribution in [0.1, 0.15) is 60.4 Å². The molecule has 0 amide bonds. The molecule has 2 aliphatic rings. The van der Waals surface area contributed by atoms with Crippen molar-refractivity contribution in [2.45, 2.75) is 57.7 Å². The molecule has 5 rings (SSSR count). The molecule has 3 aromatic rings. The number of nitrogens with zero attached hydrogens (tertiary/aromatic N) is 3. The van der Waals surface area contributed by atoms with Gasteiger partial charge >= 0.3 is 0 Å². The molecule has 2 aromatic heterocycles. The van der Waals surface area contributed by atoms with E-state index in [1.807, 2.05) is 12.3 Å². The summed E-state index contributed by atoms with van der Waals surface area (Å²) in [7, 11) is 0. The second kappa shape index (κ2) is 8.40. The van der Waals surface area contributed by atoms with Crippen molar-refractivity contribution in [3.05, 3.63) is 81.8 Å². The summed E-state index contributed by atoms with van der Waals surface area (Å²) in [6.07, 6.45) is 6.85. The number of aromatic nitrogens is 2. The third-order valence-electron chi connectivity index (χ3n) is 6.73. The predicted molar refractivity (Wildman–Crippen MR) is 132 cm³/mol. The van der Waals surface area contributed by atoms with E-state index in [4.69, 9.17) is 17.2 Å². The minimum absolute atomic E-state index is 0.0492. The van der Waals surface area contributed by atoms with Crippen molar-refractivity contribution < 1.29 is 0 Å². The van der Waals surface area contributed by atoms with Gasteiger partial charge in [0.2, 0.25) is 0 Å². The zero-order valence-electron chi connectivity index (χ0n) is 17.9. The molecule has 1 aromatic carbocycles. The molecule has 1 saturated carbocycles. The molecule has 1 aliphatic carbocycles. The first-order valence-corrected chi connectivity index (χ1v) is 12.2. The quantitative estimate of drug-likeness (QED) is 0.439. The van der Waals surface area contributed by atoms with Gasteiger partial charge in [-0.2, -0.15) is 0 Å². The largest absolute Gasteiger partial charge is 0.352 e. The van der Waals surface area contributed by atoms with E-state index in [1.54, 1.807) is 0 Å². The standard InChI is InChI=1S/C25H27BrN4S/c1-16-15-21(17(2)29(16)20-12-10-18(26)11-13-20)24-23(22-9-5-6-14-27-22)28-25(31)30(24)19-7-3-4-8-19/h5-6,9-15,19,23-24H,3-4,7-8H2,1-2H3,(H,28,31)/t23-,24-/m0/s1. The molecule has 0 radical (unpaired) electrons. The highest BCUT2D eigenvalue weighted by Gasteiger charge is 2.44. The molecule has 1 saturated heterocycles. The van der Waals surface area contributed by atoms with Gasteiger partial charge in [0.15, 0.2) is 5.11 Å². The van der Waals surface area contributed by atoms with Gasteiger partial charge in [-0.3, -0.25) is 4.98 Å². The van der Waals surface area contributed by atoms with Gasteiger partial charge in [0, 0.05) is 33.8 Å². The average Bonchev–Trinajstić information content (AvgIpc) is 3.48. The monoisotopic (exact) mass is 494 g/mol. The Kier molecular flexibility index (Phi) is 5.61. The lowest BCUT2D eigenvalue weighted by Gasteiger charge is -2.33. The lowest BCUT2D eigenvalue weighted by atomic mass is 9.95. The molecular formula is C25H27BrN4S. The number of halogens is 1. The van der Waals surface area contributed by atoms with Gasteiger partial charge in [-0.05, 0) is 86.9 Å². The highest BCUT2D eigenvalue weighted by molar-refractivity contribution is 9.10. The molecule has 6 heteroatoms. The van der Waals surface area contributed by atoms with Gasteiger partial charge in [0.25, 0.3) is 0 Å². The Bertz CT molecular complexity index is 1090. The molecule has 0 unspecified atom stereocenters. The summed E-state index contributed by atoms with van der Waals surface area (Å²) >= 11 is 9.45. The van der Waals surface area contributed by atoms with Crippen LogP contribution in [-0.4, -0.2) is 25.6 Å². The Balaban J connectivity index is 1.63. The molecule has 2 fully saturated rings. The van der Waals surface area contributed by atoms with E-state index in [9.17, 15) is 0 Å². The third-order valence-corrected chi connectivity index (χ3v) is 7.58. The van der Waals surface area contributed by atoms with E-state index in [2.05, 4.69) is 87.0 Å². The van der Waals surface area contributed by atoms with Crippen molar-refractivity contribution in [3.63, 3.8) is 0 Å². The van der Waals surface area contributed by atoms with Gasteiger partial charge in [0.1, 0.15) is 0 Å². The second-order valence-corrected chi connectivity index (χ2v) is 9.91. The summed E-state index contributed by atoms with van der Waals surface area (Å²) in [5, 5.41) is 4.49. The Hall–Kier alpha value is -2.18. The van der Waals surface area contributed by atoms with Crippen LogP contribution < -0.4 is 5.32 Å². The molecule has 160 valence electrons. The third kappa shape index (κ3) is 3.70. The van der Waals surface area contributed by atoms with Gasteiger partial charge in [-0.15, -0.1) is 0 Å². The van der Waals surface area contributed by atoms with Crippen molar-refractivity contribution in [3.8, 4) is 5.69 Å². The van der Waals surface area contributed by atoms with Crippen LogP contribution in [0, 0.1) is 13.8 Å². The topological polar surface area (TPSA) is 33.1 Å². The van der Waals surface area contributed by atoms with Crippen molar-refractivity contribution in [1.82, 2.24) is 19.8 Å². The van der Waals surface area contributed by atoms with Crippen LogP contribution in [0.2, 0.25) is 0 Å². The molecule has 0 spiro atoms. The number of rotatable bonds is 4. The predicted octanol–water partition coefficient (Wildman–Crippen LogP) is 6.17. The molecule has 1 N–H and O–H groups in total. The van der Waals surface area contributed by atoms with Crippen LogP contribution in [0.25, 0.3) is 5.69 Å². The normalized spacial score (nSPS) is 21.6. The molecule has 3 heterocycles. The van der Waals surface area contributed by atoms with Crippen LogP contribution >= 0.6 is 28.1 Å². The molecule has 4 nitrogen and oxygen atoms in total. The van der Waals surface area contributed by atoms with Crippen LogP contribution in [0.15, 0.2) is 59.2 Å². The smallest absolute Gasteiger partial charge is 0.170 e. The van der Waals surface area contributed by atoms with Gasteiger partial charge in [0.05, 0.1) is 17.8 Å². The van der Waals surface area contributed by atoms with Crippen molar-refractivity contribution >= 4 is 33.3 Å². The van der Waals surface area contributed by atoms with E-state index in [-0.39, 0.29) is 12.1 Å². The van der Waals surface area contributed by atoms with Gasteiger partial charge < -0.3 is 14.8 Å². The first kappa shape index (κ1) is 20.7. The summed E-state index contributed by atoms with van der Waals surface area (Å²) in [6.45, 7) is 4.42. The van der Waals surface area contributed by atoms with E-state index < -0.39 is 0 Å². The van der Waals surface area contributed by atoms with E-state index >= 15 is 0 Å². The van der Waals surface area contributed by atoms with E-state index in [1.165, 1.54) is 48.3 Å². The van der Waals surface area contributed by atoms with Crippen LogP contribution in [0.3, 0.4) is 0 Å². The Morgan fingerprint density at radius 3 is 2.48 bits per heavy atom. The number of aryl methyl sites for hydroxylation is 1. The van der Waals surface area contributed by atoms with Gasteiger partial charge in [-0.25, -0.2) is 0 Å².